The Labute approximate surface area is 179 Å². The van der Waals surface area contributed by atoms with Gasteiger partial charge in [-0.05, 0) is 55.5 Å². The molecule has 7 heteroatoms. The van der Waals surface area contributed by atoms with Crippen LogP contribution in [0.2, 0.25) is 0 Å². The van der Waals surface area contributed by atoms with Crippen molar-refractivity contribution in [3.05, 3.63) is 66.0 Å². The van der Waals surface area contributed by atoms with Crippen molar-refractivity contribution in [2.24, 2.45) is 0 Å². The average Bonchev–Trinajstić information content (AvgIpc) is 3.61. The third-order valence-corrected chi connectivity index (χ3v) is 7.39. The summed E-state index contributed by atoms with van der Waals surface area (Å²) in [6.07, 6.45) is 3.90. The zero-order chi connectivity index (χ0) is 20.9. The van der Waals surface area contributed by atoms with Gasteiger partial charge in [0.2, 0.25) is 5.91 Å². The summed E-state index contributed by atoms with van der Waals surface area (Å²) < 4.78 is 28.3. The molecule has 2 aromatic carbocycles. The van der Waals surface area contributed by atoms with Crippen molar-refractivity contribution >= 4 is 16.9 Å². The van der Waals surface area contributed by atoms with E-state index in [4.69, 9.17) is 0 Å². The van der Waals surface area contributed by atoms with Gasteiger partial charge in [0.15, 0.2) is 0 Å². The second-order valence-corrected chi connectivity index (χ2v) is 9.39. The molecule has 1 heterocycles. The molecule has 160 valence electrons. The number of carbonyl (C=O) groups excluding carboxylic acids is 1. The van der Waals surface area contributed by atoms with E-state index in [1.54, 1.807) is 12.1 Å². The number of nitrogens with zero attached hydrogens (tertiary/aromatic N) is 2. The van der Waals surface area contributed by atoms with Crippen molar-refractivity contribution in [2.75, 3.05) is 19.6 Å². The van der Waals surface area contributed by atoms with Crippen molar-refractivity contribution in [2.45, 2.75) is 49.2 Å². The Bertz CT molecular complexity index is 866. The number of hydrogen-bond donors (Lipinski definition) is 1. The summed E-state index contributed by atoms with van der Waals surface area (Å²) in [4.78, 5) is 15.3. The summed E-state index contributed by atoms with van der Waals surface area (Å²) in [6.45, 7) is 2.19. The summed E-state index contributed by atoms with van der Waals surface area (Å²) in [6, 6.07) is 16.6. The summed E-state index contributed by atoms with van der Waals surface area (Å²) in [5, 5.41) is 3.15. The highest BCUT2D eigenvalue weighted by Crippen LogP contribution is 2.35. The summed E-state index contributed by atoms with van der Waals surface area (Å²) in [5.74, 6) is -0.177. The van der Waals surface area contributed by atoms with E-state index in [2.05, 4.69) is 9.62 Å². The van der Waals surface area contributed by atoms with Gasteiger partial charge in [0.05, 0.1) is 11.4 Å². The van der Waals surface area contributed by atoms with Crippen LogP contribution < -0.4 is 5.32 Å². The molecule has 0 spiro atoms. The molecule has 0 radical (unpaired) electrons. The van der Waals surface area contributed by atoms with Gasteiger partial charge in [0.1, 0.15) is 16.8 Å². The molecule has 1 aliphatic heterocycles. The lowest BCUT2D eigenvalue weighted by Gasteiger charge is -2.38. The lowest BCUT2D eigenvalue weighted by atomic mass is 10.0. The van der Waals surface area contributed by atoms with Gasteiger partial charge in [-0.2, -0.15) is 0 Å². The van der Waals surface area contributed by atoms with E-state index in [0.29, 0.717) is 25.7 Å². The van der Waals surface area contributed by atoms with Gasteiger partial charge in [0.25, 0.3) is 0 Å². The Morgan fingerprint density at radius 3 is 2.27 bits per heavy atom. The quantitative estimate of drug-likeness (QED) is 0.702. The highest BCUT2D eigenvalue weighted by Gasteiger charge is 2.39. The molecule has 30 heavy (non-hydrogen) atoms. The van der Waals surface area contributed by atoms with E-state index < -0.39 is 11.0 Å². The van der Waals surface area contributed by atoms with E-state index in [1.807, 2.05) is 35.2 Å². The van der Waals surface area contributed by atoms with Crippen LogP contribution in [-0.2, 0) is 22.3 Å². The molecule has 2 fully saturated rings. The highest BCUT2D eigenvalue weighted by atomic mass is 32.2. The number of benzene rings is 2. The van der Waals surface area contributed by atoms with Crippen LogP contribution in [-0.4, -0.2) is 51.0 Å². The summed E-state index contributed by atoms with van der Waals surface area (Å²) in [5.41, 5.74) is 0.950. The van der Waals surface area contributed by atoms with Crippen LogP contribution in [0.1, 0.15) is 31.2 Å². The first-order valence-corrected chi connectivity index (χ1v) is 11.7. The first-order chi connectivity index (χ1) is 14.6. The lowest BCUT2D eigenvalue weighted by Crippen LogP contribution is -2.49. The molecule has 2 aliphatic rings. The summed E-state index contributed by atoms with van der Waals surface area (Å²) >= 11 is 0. The van der Waals surface area contributed by atoms with Crippen LogP contribution in [0.4, 0.5) is 4.39 Å². The van der Waals surface area contributed by atoms with Gasteiger partial charge in [-0.25, -0.2) is 12.9 Å². The molecule has 1 N–H and O–H groups in total. The number of likely N-dealkylation sites (tertiary alicyclic amines) is 1. The number of nitrogens with one attached hydrogen (secondary N) is 1. The molecule has 0 bridgehead atoms. The molecule has 5 nitrogen and oxygen atoms in total. The van der Waals surface area contributed by atoms with Crippen LogP contribution in [0.15, 0.2) is 59.5 Å². The molecule has 1 saturated carbocycles. The van der Waals surface area contributed by atoms with Crippen molar-refractivity contribution in [3.63, 3.8) is 0 Å². The minimum Gasteiger partial charge on any atom is -0.341 e. The average molecular weight is 430 g/mol. The van der Waals surface area contributed by atoms with Crippen molar-refractivity contribution < 1.29 is 13.4 Å². The smallest absolute Gasteiger partial charge is 0.236 e. The zero-order valence-corrected chi connectivity index (χ0v) is 17.8. The predicted molar refractivity (Wildman–Crippen MR) is 115 cm³/mol. The molecule has 1 atom stereocenters. The maximum atomic E-state index is 13.2. The molecule has 1 amide bonds. The minimum absolute atomic E-state index is 0.0812. The fourth-order valence-corrected chi connectivity index (χ4v) is 5.55. The number of carbonyl (C=O) groups is 1. The molecule has 0 aromatic heterocycles. The number of amides is 1. The predicted octanol–water partition coefficient (Wildman–Crippen LogP) is 3.09. The molecule has 1 aliphatic carbocycles. The van der Waals surface area contributed by atoms with E-state index in [-0.39, 0.29) is 24.3 Å². The fourth-order valence-electron chi connectivity index (χ4n) is 3.95. The molecule has 4 rings (SSSR count). The Morgan fingerprint density at radius 1 is 1.00 bits per heavy atom. The Kier molecular flexibility index (Phi) is 6.92. The fraction of sp³-hybridized carbons (Fsp3) is 0.435. The Hall–Kier alpha value is -2.09. The third-order valence-electron chi connectivity index (χ3n) is 5.74. The van der Waals surface area contributed by atoms with Gasteiger partial charge in [-0.1, -0.05) is 30.3 Å². The van der Waals surface area contributed by atoms with Crippen LogP contribution in [0.3, 0.4) is 0 Å². The number of hydrogen-bond acceptors (Lipinski definition) is 3. The Balaban J connectivity index is 1.26. The Morgan fingerprint density at radius 2 is 1.63 bits per heavy atom. The topological polar surface area (TPSA) is 52.7 Å². The van der Waals surface area contributed by atoms with Gasteiger partial charge in [0, 0.05) is 31.7 Å². The second-order valence-electron chi connectivity index (χ2n) is 8.00. The van der Waals surface area contributed by atoms with E-state index in [1.165, 1.54) is 12.1 Å². The van der Waals surface area contributed by atoms with E-state index >= 15 is 0 Å². The van der Waals surface area contributed by atoms with Crippen molar-refractivity contribution in [1.82, 2.24) is 14.5 Å². The van der Waals surface area contributed by atoms with Crippen molar-refractivity contribution in [1.29, 1.82) is 0 Å². The van der Waals surface area contributed by atoms with Crippen LogP contribution in [0, 0.1) is 5.82 Å². The summed E-state index contributed by atoms with van der Waals surface area (Å²) in [7, 11) is -1.15. The van der Waals surface area contributed by atoms with Crippen LogP contribution in [0.25, 0.3) is 0 Å². The molecule has 1 saturated heterocycles. The largest absolute Gasteiger partial charge is 0.341 e. The van der Waals surface area contributed by atoms with Gasteiger partial charge in [-0.15, -0.1) is 0 Å². The monoisotopic (exact) mass is 429 g/mol. The first kappa shape index (κ1) is 21.2. The normalized spacial score (nSPS) is 18.5. The third kappa shape index (κ3) is 5.33. The van der Waals surface area contributed by atoms with Crippen LogP contribution >= 0.6 is 0 Å². The SMILES string of the molecule is O=C(CNCc1ccc(F)cc1)N1CCC(N(C2CC2)S(=O)c2ccccc2)CC1. The van der Waals surface area contributed by atoms with Crippen LogP contribution in [0.5, 0.6) is 0 Å². The zero-order valence-electron chi connectivity index (χ0n) is 17.0. The van der Waals surface area contributed by atoms with Gasteiger partial charge < -0.3 is 10.2 Å². The molecular formula is C23H28FN3O2S. The number of rotatable bonds is 8. The maximum absolute atomic E-state index is 13.2. The van der Waals surface area contributed by atoms with E-state index in [9.17, 15) is 13.4 Å². The molecule has 2 aromatic rings. The standard InChI is InChI=1S/C23H28FN3O2S/c24-19-8-6-18(7-9-19)16-25-17-23(28)26-14-12-21(13-15-26)27(20-10-11-20)30(29)22-4-2-1-3-5-22/h1-9,20-21,25H,10-17H2. The number of piperidine rings is 1. The maximum Gasteiger partial charge on any atom is 0.236 e. The highest BCUT2D eigenvalue weighted by molar-refractivity contribution is 7.82. The first-order valence-electron chi connectivity index (χ1n) is 10.6. The molecular weight excluding hydrogens is 401 g/mol. The van der Waals surface area contributed by atoms with E-state index in [0.717, 1.165) is 36.1 Å². The molecule has 1 unspecified atom stereocenters. The minimum atomic E-state index is -1.15. The second kappa shape index (κ2) is 9.81. The number of halogens is 1. The lowest BCUT2D eigenvalue weighted by molar-refractivity contribution is -0.131. The van der Waals surface area contributed by atoms with Crippen molar-refractivity contribution in [3.8, 4) is 0 Å². The van der Waals surface area contributed by atoms with Gasteiger partial charge >= 0.3 is 0 Å². The van der Waals surface area contributed by atoms with Gasteiger partial charge in [-0.3, -0.25) is 4.79 Å².